The Morgan fingerprint density at radius 2 is 1.47 bits per heavy atom. The molecule has 0 bridgehead atoms. The van der Waals surface area contributed by atoms with E-state index in [0.717, 1.165) is 0 Å². The van der Waals surface area contributed by atoms with E-state index in [1.54, 1.807) is 0 Å². The predicted octanol–water partition coefficient (Wildman–Crippen LogP) is -1.50. The molecule has 0 fully saturated rings. The van der Waals surface area contributed by atoms with Crippen LogP contribution < -0.4 is 33.6 Å². The number of carbonyl (C=O) groups excluding carboxylic acids is 3. The van der Waals surface area contributed by atoms with Crippen molar-refractivity contribution < 1.29 is 29.0 Å². The highest BCUT2D eigenvalue weighted by molar-refractivity contribution is 5.90. The van der Waals surface area contributed by atoms with Gasteiger partial charge < -0.3 is 43.4 Å². The van der Waals surface area contributed by atoms with Gasteiger partial charge in [-0.2, -0.15) is 0 Å². The molecular weight excluding hydrogens is 396 g/mol. The van der Waals surface area contributed by atoms with Gasteiger partial charge in [-0.15, -0.1) is 0 Å². The predicted molar refractivity (Wildman–Crippen MR) is 110 cm³/mol. The van der Waals surface area contributed by atoms with Crippen LogP contribution >= 0.6 is 0 Å². The summed E-state index contributed by atoms with van der Waals surface area (Å²) in [5, 5.41) is 14.0. The molecule has 0 aliphatic heterocycles. The van der Waals surface area contributed by atoms with Crippen molar-refractivity contribution in [2.24, 2.45) is 22.9 Å². The van der Waals surface area contributed by atoms with Gasteiger partial charge in [0, 0.05) is 6.42 Å². The van der Waals surface area contributed by atoms with Crippen LogP contribution in [0, 0.1) is 0 Å². The minimum absolute atomic E-state index is 0.0473. The molecule has 11 N–H and O–H groups in total. The fourth-order valence-electron chi connectivity index (χ4n) is 2.68. The van der Waals surface area contributed by atoms with E-state index in [0.29, 0.717) is 51.6 Å². The second-order valence-corrected chi connectivity index (χ2v) is 7.02. The number of amides is 3. The molecule has 12 heteroatoms. The second-order valence-electron chi connectivity index (χ2n) is 7.02. The molecule has 30 heavy (non-hydrogen) atoms. The Labute approximate surface area is 176 Å². The first-order valence-corrected chi connectivity index (χ1v) is 10.1. The van der Waals surface area contributed by atoms with Crippen LogP contribution in [0.3, 0.4) is 0 Å². The number of nitrogens with two attached hydrogens (primary N) is 4. The van der Waals surface area contributed by atoms with Crippen LogP contribution in [0.25, 0.3) is 0 Å². The van der Waals surface area contributed by atoms with Gasteiger partial charge in [-0.05, 0) is 51.6 Å². The third-order valence-corrected chi connectivity index (χ3v) is 4.38. The Balaban J connectivity index is 5.01. The zero-order chi connectivity index (χ0) is 22.9. The Morgan fingerprint density at radius 3 is 2.00 bits per heavy atom. The molecular formula is C18H36N6O6. The minimum atomic E-state index is -1.44. The lowest BCUT2D eigenvalue weighted by atomic mass is 10.0. The van der Waals surface area contributed by atoms with Crippen molar-refractivity contribution in [3.05, 3.63) is 0 Å². The standard InChI is InChI=1S/C18H36N6O6/c19-9-3-1-5-12(11-30-18(28)29)23-17(27)14(6-2-4-10-20)24-16(26)13(21)7-8-15(22)25/h12-14H,1-11,19-21H2,(H2,22,25)(H,23,27)(H,24,26)(H,28,29)/t12-,13-,14+/m1/s1. The smallest absolute Gasteiger partial charge is 0.450 e. The number of nitrogens with one attached hydrogen (secondary N) is 2. The number of rotatable bonds is 17. The van der Waals surface area contributed by atoms with Crippen LogP contribution in [0.5, 0.6) is 0 Å². The van der Waals surface area contributed by atoms with Gasteiger partial charge in [0.15, 0.2) is 0 Å². The minimum Gasteiger partial charge on any atom is -0.450 e. The molecule has 174 valence electrons. The summed E-state index contributed by atoms with van der Waals surface area (Å²) >= 11 is 0. The summed E-state index contributed by atoms with van der Waals surface area (Å²) in [7, 11) is 0. The Bertz CT molecular complexity index is 547. The first-order valence-electron chi connectivity index (χ1n) is 10.1. The van der Waals surface area contributed by atoms with Gasteiger partial charge in [0.25, 0.3) is 0 Å². The maximum atomic E-state index is 12.7. The molecule has 0 saturated carbocycles. The Kier molecular flexibility index (Phi) is 15.0. The normalized spacial score (nSPS) is 13.7. The first-order chi connectivity index (χ1) is 14.2. The molecule has 3 amide bonds. The van der Waals surface area contributed by atoms with E-state index >= 15 is 0 Å². The molecule has 0 aliphatic rings. The van der Waals surface area contributed by atoms with Gasteiger partial charge in [0.2, 0.25) is 17.7 Å². The highest BCUT2D eigenvalue weighted by atomic mass is 16.7. The summed E-state index contributed by atoms with van der Waals surface area (Å²) in [6.45, 7) is 0.698. The van der Waals surface area contributed by atoms with Gasteiger partial charge in [-0.25, -0.2) is 4.79 Å². The van der Waals surface area contributed by atoms with E-state index in [4.69, 9.17) is 28.0 Å². The molecule has 0 radical (unpaired) electrons. The van der Waals surface area contributed by atoms with E-state index in [1.165, 1.54) is 0 Å². The van der Waals surface area contributed by atoms with Crippen molar-refractivity contribution in [1.82, 2.24) is 10.6 Å². The molecule has 0 heterocycles. The van der Waals surface area contributed by atoms with Gasteiger partial charge in [-0.3, -0.25) is 14.4 Å². The van der Waals surface area contributed by atoms with Crippen molar-refractivity contribution in [1.29, 1.82) is 0 Å². The van der Waals surface area contributed by atoms with Crippen LogP contribution in [-0.4, -0.2) is 66.8 Å². The SMILES string of the molecule is NCCCC[C@H](COC(=O)O)NC(=O)[C@H](CCCCN)NC(=O)[C@H](N)CCC(N)=O. The third-order valence-electron chi connectivity index (χ3n) is 4.38. The summed E-state index contributed by atoms with van der Waals surface area (Å²) < 4.78 is 4.59. The summed E-state index contributed by atoms with van der Waals surface area (Å²) in [5.41, 5.74) is 21.8. The van der Waals surface area contributed by atoms with E-state index in [2.05, 4.69) is 15.4 Å². The summed E-state index contributed by atoms with van der Waals surface area (Å²) in [6, 6.07) is -2.43. The maximum absolute atomic E-state index is 12.7. The topological polar surface area (TPSA) is 226 Å². The van der Waals surface area contributed by atoms with Gasteiger partial charge in [-0.1, -0.05) is 6.42 Å². The highest BCUT2D eigenvalue weighted by Gasteiger charge is 2.26. The molecule has 0 aliphatic carbocycles. The monoisotopic (exact) mass is 432 g/mol. The molecule has 0 unspecified atom stereocenters. The fraction of sp³-hybridized carbons (Fsp3) is 0.778. The van der Waals surface area contributed by atoms with E-state index < -0.39 is 42.0 Å². The van der Waals surface area contributed by atoms with Gasteiger partial charge >= 0.3 is 6.16 Å². The maximum Gasteiger partial charge on any atom is 0.505 e. The van der Waals surface area contributed by atoms with Crippen LogP contribution in [-0.2, 0) is 19.1 Å². The van der Waals surface area contributed by atoms with Crippen molar-refractivity contribution in [3.63, 3.8) is 0 Å². The molecule has 12 nitrogen and oxygen atoms in total. The number of hydrogen-bond acceptors (Lipinski definition) is 8. The average molecular weight is 433 g/mol. The molecule has 0 aromatic carbocycles. The number of carbonyl (C=O) groups is 4. The van der Waals surface area contributed by atoms with Crippen LogP contribution in [0.1, 0.15) is 51.4 Å². The Morgan fingerprint density at radius 1 is 0.867 bits per heavy atom. The number of primary amides is 1. The fourth-order valence-corrected chi connectivity index (χ4v) is 2.68. The zero-order valence-electron chi connectivity index (χ0n) is 17.3. The zero-order valence-corrected chi connectivity index (χ0v) is 17.3. The van der Waals surface area contributed by atoms with Crippen molar-refractivity contribution in [2.75, 3.05) is 19.7 Å². The van der Waals surface area contributed by atoms with Crippen LogP contribution in [0.15, 0.2) is 0 Å². The molecule has 3 atom stereocenters. The van der Waals surface area contributed by atoms with E-state index in [-0.39, 0.29) is 19.4 Å². The lowest BCUT2D eigenvalue weighted by Crippen LogP contribution is -2.54. The van der Waals surface area contributed by atoms with Crippen molar-refractivity contribution in [2.45, 2.75) is 69.5 Å². The molecule has 0 spiro atoms. The summed E-state index contributed by atoms with van der Waals surface area (Å²) in [4.78, 5) is 46.6. The average Bonchev–Trinajstić information content (AvgIpc) is 2.69. The van der Waals surface area contributed by atoms with Crippen LogP contribution in [0.4, 0.5) is 4.79 Å². The van der Waals surface area contributed by atoms with Gasteiger partial charge in [0.05, 0.1) is 12.1 Å². The number of unbranched alkanes of at least 4 members (excludes halogenated alkanes) is 2. The lowest BCUT2D eigenvalue weighted by molar-refractivity contribution is -0.130. The quantitative estimate of drug-likeness (QED) is 0.105. The molecule has 0 aromatic heterocycles. The summed E-state index contributed by atoms with van der Waals surface area (Å²) in [6.07, 6.45) is 2.01. The lowest BCUT2D eigenvalue weighted by Gasteiger charge is -2.24. The summed E-state index contributed by atoms with van der Waals surface area (Å²) in [5.74, 6) is -1.63. The second kappa shape index (κ2) is 16.4. The number of ether oxygens (including phenoxy) is 1. The van der Waals surface area contributed by atoms with Crippen LogP contribution in [0.2, 0.25) is 0 Å². The van der Waals surface area contributed by atoms with Crippen molar-refractivity contribution in [3.8, 4) is 0 Å². The largest absolute Gasteiger partial charge is 0.505 e. The number of carboxylic acid groups (broad SMARTS) is 1. The molecule has 0 aromatic rings. The molecule has 0 saturated heterocycles. The highest BCUT2D eigenvalue weighted by Crippen LogP contribution is 2.06. The number of hydrogen-bond donors (Lipinski definition) is 7. The molecule has 0 rings (SSSR count). The van der Waals surface area contributed by atoms with E-state index in [1.807, 2.05) is 0 Å². The Hall–Kier alpha value is -2.44. The van der Waals surface area contributed by atoms with E-state index in [9.17, 15) is 19.2 Å². The van der Waals surface area contributed by atoms with Gasteiger partial charge in [0.1, 0.15) is 12.6 Å². The first kappa shape index (κ1) is 27.6. The third kappa shape index (κ3) is 13.7. The van der Waals surface area contributed by atoms with Crippen molar-refractivity contribution >= 4 is 23.9 Å².